The molecule has 0 bridgehead atoms. The molecule has 40 heavy (non-hydrogen) atoms. The van der Waals surface area contributed by atoms with Crippen LogP contribution in [0.1, 0.15) is 0 Å². The highest BCUT2D eigenvalue weighted by molar-refractivity contribution is 6.07. The topological polar surface area (TPSA) is 25.4 Å². The minimum atomic E-state index is 0.841. The third-order valence-electron chi connectivity index (χ3n) is 7.63. The average molecular weight is 513 g/mol. The van der Waals surface area contributed by atoms with Crippen LogP contribution in [-0.2, 0) is 0 Å². The fourth-order valence-electron chi connectivity index (χ4n) is 5.78. The van der Waals surface area contributed by atoms with E-state index in [1.165, 1.54) is 16.3 Å². The zero-order chi connectivity index (χ0) is 26.5. The van der Waals surface area contributed by atoms with Gasteiger partial charge in [-0.1, -0.05) is 97.1 Å². The molecule has 3 nitrogen and oxygen atoms in total. The predicted molar refractivity (Wildman–Crippen MR) is 165 cm³/mol. The van der Waals surface area contributed by atoms with Gasteiger partial charge < -0.3 is 9.64 Å². The van der Waals surface area contributed by atoms with Crippen LogP contribution in [0.25, 0.3) is 44.1 Å². The Kier molecular flexibility index (Phi) is 5.14. The molecule has 0 aliphatic carbocycles. The second-order valence-electron chi connectivity index (χ2n) is 10.0. The van der Waals surface area contributed by atoms with Crippen LogP contribution >= 0.6 is 0 Å². The number of anilines is 3. The number of pyridine rings is 1. The number of benzene rings is 6. The average Bonchev–Trinajstić information content (AvgIpc) is 3.03. The van der Waals surface area contributed by atoms with Crippen molar-refractivity contribution in [2.75, 3.05) is 4.90 Å². The molecule has 1 aliphatic rings. The molecule has 0 spiro atoms. The lowest BCUT2D eigenvalue weighted by Crippen LogP contribution is -2.15. The van der Waals surface area contributed by atoms with Crippen LogP contribution in [-0.4, -0.2) is 4.98 Å². The third-order valence-corrected chi connectivity index (χ3v) is 7.63. The maximum atomic E-state index is 6.27. The molecular formula is C37H24N2O. The second kappa shape index (κ2) is 9.11. The Morgan fingerprint density at radius 1 is 0.500 bits per heavy atom. The summed E-state index contributed by atoms with van der Waals surface area (Å²) in [6, 6.07) is 50.8. The van der Waals surface area contributed by atoms with Crippen molar-refractivity contribution in [3.63, 3.8) is 0 Å². The lowest BCUT2D eigenvalue weighted by molar-refractivity contribution is 0.477. The standard InChI is InChI=1S/C37H24N2O/c1-2-12-26(13-3-1)33-24-30(29-16-10-14-25-11-4-5-15-28(25)29)31-23-27(21-22-32(31)38-33)39-34-17-6-8-19-36(34)40-37-20-9-7-18-35(37)39/h1-24H. The molecule has 188 valence electrons. The maximum Gasteiger partial charge on any atom is 0.151 e. The lowest BCUT2D eigenvalue weighted by atomic mass is 9.93. The van der Waals surface area contributed by atoms with Crippen LogP contribution in [0, 0.1) is 0 Å². The Hall–Kier alpha value is -5.41. The van der Waals surface area contributed by atoms with E-state index in [4.69, 9.17) is 9.72 Å². The molecule has 0 amide bonds. The number of fused-ring (bicyclic) bond motifs is 4. The molecule has 3 heteroatoms. The van der Waals surface area contributed by atoms with Gasteiger partial charge in [-0.05, 0) is 70.4 Å². The molecule has 1 aromatic heterocycles. The van der Waals surface area contributed by atoms with Gasteiger partial charge >= 0.3 is 0 Å². The van der Waals surface area contributed by atoms with Crippen LogP contribution in [0.3, 0.4) is 0 Å². The highest BCUT2D eigenvalue weighted by Gasteiger charge is 2.26. The Labute approximate surface area is 232 Å². The van der Waals surface area contributed by atoms with Crippen molar-refractivity contribution in [3.05, 3.63) is 146 Å². The molecular weight excluding hydrogens is 488 g/mol. The molecule has 0 saturated carbocycles. The Bertz CT molecular complexity index is 2000. The van der Waals surface area contributed by atoms with E-state index >= 15 is 0 Å². The normalized spacial score (nSPS) is 12.2. The third kappa shape index (κ3) is 3.63. The smallest absolute Gasteiger partial charge is 0.151 e. The Balaban J connectivity index is 1.41. The Morgan fingerprint density at radius 2 is 1.18 bits per heavy atom. The Morgan fingerprint density at radius 3 is 1.98 bits per heavy atom. The summed E-state index contributed by atoms with van der Waals surface area (Å²) in [6.45, 7) is 0. The van der Waals surface area contributed by atoms with E-state index in [0.29, 0.717) is 0 Å². The van der Waals surface area contributed by atoms with Crippen molar-refractivity contribution in [3.8, 4) is 33.9 Å². The minimum absolute atomic E-state index is 0.841. The molecule has 0 unspecified atom stereocenters. The molecule has 7 aromatic rings. The lowest BCUT2D eigenvalue weighted by Gasteiger charge is -2.33. The SMILES string of the molecule is c1ccc(-c2cc(-c3cccc4ccccc34)c3cc(N4c5ccccc5Oc5ccccc54)ccc3n2)cc1. The summed E-state index contributed by atoms with van der Waals surface area (Å²) in [7, 11) is 0. The van der Waals surface area contributed by atoms with Crippen molar-refractivity contribution in [2.24, 2.45) is 0 Å². The summed E-state index contributed by atoms with van der Waals surface area (Å²) in [5, 5.41) is 3.55. The first-order valence-electron chi connectivity index (χ1n) is 13.5. The summed E-state index contributed by atoms with van der Waals surface area (Å²) in [4.78, 5) is 7.43. The fourth-order valence-corrected chi connectivity index (χ4v) is 5.78. The second-order valence-corrected chi connectivity index (χ2v) is 10.0. The van der Waals surface area contributed by atoms with Gasteiger partial charge in [0.15, 0.2) is 11.5 Å². The minimum Gasteiger partial charge on any atom is -0.453 e. The van der Waals surface area contributed by atoms with Gasteiger partial charge in [0.25, 0.3) is 0 Å². The van der Waals surface area contributed by atoms with Crippen molar-refractivity contribution < 1.29 is 4.74 Å². The van der Waals surface area contributed by atoms with Gasteiger partial charge in [0, 0.05) is 16.6 Å². The molecule has 0 fully saturated rings. The first kappa shape index (κ1) is 22.6. The van der Waals surface area contributed by atoms with Crippen LogP contribution in [0.5, 0.6) is 11.5 Å². The van der Waals surface area contributed by atoms with Crippen LogP contribution < -0.4 is 9.64 Å². The molecule has 0 atom stereocenters. The first-order chi connectivity index (χ1) is 19.8. The number of aromatic nitrogens is 1. The van der Waals surface area contributed by atoms with Crippen molar-refractivity contribution in [1.82, 2.24) is 4.98 Å². The van der Waals surface area contributed by atoms with Gasteiger partial charge in [-0.2, -0.15) is 0 Å². The number of hydrogen-bond donors (Lipinski definition) is 0. The molecule has 6 aromatic carbocycles. The van der Waals surface area contributed by atoms with Gasteiger partial charge in [-0.15, -0.1) is 0 Å². The van der Waals surface area contributed by atoms with E-state index in [1.54, 1.807) is 0 Å². The molecule has 1 aliphatic heterocycles. The van der Waals surface area contributed by atoms with E-state index in [9.17, 15) is 0 Å². The van der Waals surface area contributed by atoms with E-state index in [1.807, 2.05) is 30.3 Å². The van der Waals surface area contributed by atoms with Crippen LogP contribution in [0.2, 0.25) is 0 Å². The molecule has 0 radical (unpaired) electrons. The summed E-state index contributed by atoms with van der Waals surface area (Å²) >= 11 is 0. The molecule has 8 rings (SSSR count). The van der Waals surface area contributed by atoms with E-state index < -0.39 is 0 Å². The number of ether oxygens (including phenoxy) is 1. The van der Waals surface area contributed by atoms with Crippen LogP contribution in [0.4, 0.5) is 17.1 Å². The fraction of sp³-hybridized carbons (Fsp3) is 0. The highest BCUT2D eigenvalue weighted by atomic mass is 16.5. The quantitative estimate of drug-likeness (QED) is 0.235. The van der Waals surface area contributed by atoms with E-state index in [-0.39, 0.29) is 0 Å². The van der Waals surface area contributed by atoms with Crippen molar-refractivity contribution >= 4 is 38.7 Å². The van der Waals surface area contributed by atoms with Crippen molar-refractivity contribution in [1.29, 1.82) is 0 Å². The van der Waals surface area contributed by atoms with Crippen molar-refractivity contribution in [2.45, 2.75) is 0 Å². The summed E-state index contributed by atoms with van der Waals surface area (Å²) in [5.41, 5.74) is 8.48. The monoisotopic (exact) mass is 512 g/mol. The van der Waals surface area contributed by atoms with E-state index in [2.05, 4.69) is 120 Å². The van der Waals surface area contributed by atoms with Gasteiger partial charge in [0.1, 0.15) is 0 Å². The summed E-state index contributed by atoms with van der Waals surface area (Å²) in [5.74, 6) is 1.68. The van der Waals surface area contributed by atoms with Gasteiger partial charge in [0.05, 0.1) is 22.6 Å². The summed E-state index contributed by atoms with van der Waals surface area (Å²) in [6.07, 6.45) is 0. The first-order valence-corrected chi connectivity index (χ1v) is 13.5. The maximum absolute atomic E-state index is 6.27. The highest BCUT2D eigenvalue weighted by Crippen LogP contribution is 2.50. The predicted octanol–water partition coefficient (Wildman–Crippen LogP) is 10.3. The van der Waals surface area contributed by atoms with Gasteiger partial charge in [-0.3, -0.25) is 0 Å². The summed E-state index contributed by atoms with van der Waals surface area (Å²) < 4.78 is 6.27. The zero-order valence-corrected chi connectivity index (χ0v) is 21.7. The molecule has 2 heterocycles. The number of para-hydroxylation sites is 4. The molecule has 0 N–H and O–H groups in total. The molecule has 0 saturated heterocycles. The van der Waals surface area contributed by atoms with Gasteiger partial charge in [-0.25, -0.2) is 4.98 Å². The number of nitrogens with zero attached hydrogens (tertiary/aromatic N) is 2. The van der Waals surface area contributed by atoms with Gasteiger partial charge in [0.2, 0.25) is 0 Å². The van der Waals surface area contributed by atoms with Crippen LogP contribution in [0.15, 0.2) is 146 Å². The number of hydrogen-bond acceptors (Lipinski definition) is 3. The number of rotatable bonds is 3. The largest absolute Gasteiger partial charge is 0.453 e. The zero-order valence-electron chi connectivity index (χ0n) is 21.7. The van der Waals surface area contributed by atoms with E-state index in [0.717, 1.165) is 56.3 Å².